The zero-order chi connectivity index (χ0) is 33.3. The van der Waals surface area contributed by atoms with Crippen LogP contribution in [0.4, 0.5) is 36.2 Å². The van der Waals surface area contributed by atoms with E-state index < -0.39 is 17.6 Å². The number of carbonyl (C=O) groups is 3. The highest BCUT2D eigenvalue weighted by molar-refractivity contribution is 6.09. The Morgan fingerprint density at radius 1 is 0.957 bits per heavy atom. The van der Waals surface area contributed by atoms with Gasteiger partial charge in [0.15, 0.2) is 0 Å². The number of fused-ring (bicyclic) bond motifs is 1. The minimum atomic E-state index is -4.57. The quantitative estimate of drug-likeness (QED) is 0.322. The van der Waals surface area contributed by atoms with Crippen LogP contribution in [0.15, 0.2) is 67.0 Å². The fourth-order valence-corrected chi connectivity index (χ4v) is 5.51. The number of aromatic amines is 1. The summed E-state index contributed by atoms with van der Waals surface area (Å²) < 4.78 is 39.4. The number of rotatable bonds is 6. The smallest absolute Gasteiger partial charge is 0.335 e. The van der Waals surface area contributed by atoms with Gasteiger partial charge in [-0.2, -0.15) is 13.2 Å². The number of benzene rings is 2. The average Bonchev–Trinajstić information content (AvgIpc) is 3.06. The number of aryl methyl sites for hydroxylation is 1. The third-order valence-electron chi connectivity index (χ3n) is 8.20. The zero-order valence-corrected chi connectivity index (χ0v) is 25.7. The summed E-state index contributed by atoms with van der Waals surface area (Å²) >= 11 is 0. The van der Waals surface area contributed by atoms with Crippen molar-refractivity contribution in [2.75, 3.05) is 55.3 Å². The summed E-state index contributed by atoms with van der Waals surface area (Å²) in [7, 11) is 2.03. The second kappa shape index (κ2) is 12.8. The molecule has 11 nitrogen and oxygen atoms in total. The van der Waals surface area contributed by atoms with E-state index in [0.717, 1.165) is 30.8 Å². The molecule has 0 unspecified atom stereocenters. The number of nitrogens with one attached hydrogen (secondary N) is 3. The summed E-state index contributed by atoms with van der Waals surface area (Å²) in [6, 6.07) is 12.6. The van der Waals surface area contributed by atoms with Gasteiger partial charge in [0, 0.05) is 56.1 Å². The second-order valence-electron chi connectivity index (χ2n) is 11.5. The van der Waals surface area contributed by atoms with Gasteiger partial charge < -0.3 is 20.0 Å². The van der Waals surface area contributed by atoms with Gasteiger partial charge in [0.2, 0.25) is 0 Å². The van der Waals surface area contributed by atoms with Gasteiger partial charge >= 0.3 is 12.1 Å². The van der Waals surface area contributed by atoms with Crippen LogP contribution in [0.25, 0.3) is 0 Å². The maximum absolute atomic E-state index is 13.6. The number of H-pyrrole nitrogens is 1. The van der Waals surface area contributed by atoms with Crippen molar-refractivity contribution in [1.29, 1.82) is 0 Å². The van der Waals surface area contributed by atoms with Crippen molar-refractivity contribution in [3.63, 3.8) is 0 Å². The Hall–Kier alpha value is -5.37. The number of anilines is 4. The lowest BCUT2D eigenvalue weighted by Crippen LogP contribution is -2.47. The Morgan fingerprint density at radius 2 is 1.72 bits per heavy atom. The van der Waals surface area contributed by atoms with Gasteiger partial charge in [-0.05, 0) is 62.0 Å². The molecule has 4 heterocycles. The third kappa shape index (κ3) is 6.92. The summed E-state index contributed by atoms with van der Waals surface area (Å²) in [6.07, 6.45) is -0.989. The van der Waals surface area contributed by atoms with Crippen molar-refractivity contribution in [2.24, 2.45) is 0 Å². The molecule has 0 aliphatic carbocycles. The topological polar surface area (TPSA) is 125 Å². The van der Waals surface area contributed by atoms with E-state index in [1.54, 1.807) is 52.5 Å². The van der Waals surface area contributed by atoms with E-state index >= 15 is 0 Å². The summed E-state index contributed by atoms with van der Waals surface area (Å²) in [5.74, 6) is -0.698. The molecule has 1 fully saturated rings. The van der Waals surface area contributed by atoms with E-state index in [4.69, 9.17) is 0 Å². The van der Waals surface area contributed by atoms with E-state index in [0.29, 0.717) is 66.0 Å². The number of hydrogen-bond donors (Lipinski definition) is 2. The SMILES string of the molecule is Cc1ccc(NC(=O)c2cccc(C(F)(F)F)c2)cc1N1CCc2nc(Nc3ccc(C(=O)N4CCN(C)CC4)nc3)[nH+]cc2C1=O. The molecule has 0 spiro atoms. The van der Waals surface area contributed by atoms with Crippen molar-refractivity contribution in [1.82, 2.24) is 19.8 Å². The molecule has 2 aliphatic heterocycles. The number of alkyl halides is 3. The summed E-state index contributed by atoms with van der Waals surface area (Å²) in [5, 5.41) is 5.77. The van der Waals surface area contributed by atoms with Crippen LogP contribution in [0, 0.1) is 6.92 Å². The molecule has 4 aromatic rings. The molecule has 3 N–H and O–H groups in total. The molecule has 242 valence electrons. The molecule has 0 bridgehead atoms. The largest absolute Gasteiger partial charge is 0.416 e. The summed E-state index contributed by atoms with van der Waals surface area (Å²) in [5.41, 5.74) is 2.56. The van der Waals surface area contributed by atoms with Gasteiger partial charge in [-0.25, -0.2) is 15.3 Å². The van der Waals surface area contributed by atoms with E-state index in [-0.39, 0.29) is 17.4 Å². The van der Waals surface area contributed by atoms with Gasteiger partial charge in [0.1, 0.15) is 22.6 Å². The van der Waals surface area contributed by atoms with Crippen molar-refractivity contribution in [3.05, 3.63) is 101 Å². The Kier molecular flexibility index (Phi) is 8.60. The molecule has 0 radical (unpaired) electrons. The van der Waals surface area contributed by atoms with Crippen LogP contribution < -0.4 is 20.5 Å². The molecule has 1 saturated heterocycles. The Bertz CT molecular complexity index is 1840. The number of hydrogen-bond acceptors (Lipinski definition) is 7. The number of halogens is 3. The van der Waals surface area contributed by atoms with Crippen molar-refractivity contribution >= 4 is 40.7 Å². The molecule has 2 aromatic heterocycles. The first kappa shape index (κ1) is 31.6. The molecule has 6 rings (SSSR count). The minimum Gasteiger partial charge on any atom is -0.335 e. The Morgan fingerprint density at radius 3 is 2.45 bits per heavy atom. The lowest BCUT2D eigenvalue weighted by Gasteiger charge is -2.32. The van der Waals surface area contributed by atoms with Gasteiger partial charge in [-0.1, -0.05) is 17.1 Å². The number of piperazine rings is 1. The van der Waals surface area contributed by atoms with Crippen LogP contribution in [0.3, 0.4) is 0 Å². The van der Waals surface area contributed by atoms with Crippen LogP contribution in [0.5, 0.6) is 0 Å². The maximum atomic E-state index is 13.6. The predicted molar refractivity (Wildman–Crippen MR) is 168 cm³/mol. The van der Waals surface area contributed by atoms with Crippen LogP contribution in [-0.4, -0.2) is 77.3 Å². The molecule has 14 heteroatoms. The molecule has 2 aliphatic rings. The maximum Gasteiger partial charge on any atom is 0.416 e. The van der Waals surface area contributed by atoms with Gasteiger partial charge in [-0.15, -0.1) is 0 Å². The highest BCUT2D eigenvalue weighted by Gasteiger charge is 2.32. The Labute approximate surface area is 268 Å². The number of aromatic nitrogens is 3. The van der Waals surface area contributed by atoms with Crippen LogP contribution in [0.2, 0.25) is 0 Å². The number of nitrogens with zero attached hydrogens (tertiary/aromatic N) is 5. The first-order chi connectivity index (χ1) is 22.5. The van der Waals surface area contributed by atoms with E-state index in [1.165, 1.54) is 12.1 Å². The fourth-order valence-electron chi connectivity index (χ4n) is 5.51. The van der Waals surface area contributed by atoms with Gasteiger partial charge in [0.25, 0.3) is 17.7 Å². The average molecular weight is 646 g/mol. The van der Waals surface area contributed by atoms with E-state index in [9.17, 15) is 27.6 Å². The van der Waals surface area contributed by atoms with E-state index in [2.05, 4.69) is 30.5 Å². The van der Waals surface area contributed by atoms with Gasteiger partial charge in [0.05, 0.1) is 18.0 Å². The second-order valence-corrected chi connectivity index (χ2v) is 11.5. The zero-order valence-electron chi connectivity index (χ0n) is 25.7. The molecule has 47 heavy (non-hydrogen) atoms. The number of amides is 3. The summed E-state index contributed by atoms with van der Waals surface area (Å²) in [4.78, 5) is 56.7. The molecule has 3 amide bonds. The van der Waals surface area contributed by atoms with Crippen molar-refractivity contribution in [2.45, 2.75) is 19.5 Å². The highest BCUT2D eigenvalue weighted by atomic mass is 19.4. The van der Waals surface area contributed by atoms with Crippen molar-refractivity contribution in [3.8, 4) is 0 Å². The molecule has 2 aromatic carbocycles. The van der Waals surface area contributed by atoms with E-state index in [1.807, 2.05) is 14.0 Å². The fraction of sp³-hybridized carbons (Fsp3) is 0.273. The van der Waals surface area contributed by atoms with Crippen LogP contribution in [-0.2, 0) is 12.6 Å². The monoisotopic (exact) mass is 645 g/mol. The normalized spacial score (nSPS) is 15.3. The first-order valence-electron chi connectivity index (χ1n) is 15.0. The summed E-state index contributed by atoms with van der Waals surface area (Å²) in [6.45, 7) is 5.10. The molecular weight excluding hydrogens is 613 g/mol. The third-order valence-corrected chi connectivity index (χ3v) is 8.20. The number of pyridine rings is 1. The molecular formula is C33H32F3N8O3+. The van der Waals surface area contributed by atoms with Crippen molar-refractivity contribution < 1.29 is 32.5 Å². The lowest BCUT2D eigenvalue weighted by atomic mass is 10.0. The Balaban J connectivity index is 1.13. The lowest BCUT2D eigenvalue weighted by molar-refractivity contribution is -0.365. The number of carbonyl (C=O) groups excluding carboxylic acids is 3. The highest BCUT2D eigenvalue weighted by Crippen LogP contribution is 2.31. The molecule has 0 atom stereocenters. The predicted octanol–water partition coefficient (Wildman–Crippen LogP) is 4.20. The minimum absolute atomic E-state index is 0.106. The van der Waals surface area contributed by atoms with Crippen LogP contribution in [0.1, 0.15) is 48.0 Å². The molecule has 0 saturated carbocycles. The van der Waals surface area contributed by atoms with Gasteiger partial charge in [-0.3, -0.25) is 14.4 Å². The van der Waals surface area contributed by atoms with Crippen LogP contribution >= 0.6 is 0 Å². The standard InChI is InChI=1S/C33H31F3N8O3/c1-20-6-7-23(39-29(45)21-4-3-5-22(16-21)33(34,35)36)17-28(20)44-11-10-26-25(30(44)46)19-38-32(41-26)40-24-8-9-27(37-18-24)31(47)43-14-12-42(2)13-15-43/h3-9,16-19H,10-15H2,1-2H3,(H,39,45)(H,38,40,41)/p+1. The number of likely N-dealkylation sites (N-methyl/N-ethyl adjacent to an activating group) is 1. The first-order valence-corrected chi connectivity index (χ1v) is 15.0.